The van der Waals surface area contributed by atoms with Crippen LogP contribution in [0.15, 0.2) is 35.1 Å². The van der Waals surface area contributed by atoms with Crippen LogP contribution in [0, 0.1) is 11.6 Å². The van der Waals surface area contributed by atoms with Gasteiger partial charge in [-0.15, -0.1) is 0 Å². The van der Waals surface area contributed by atoms with Crippen molar-refractivity contribution in [1.82, 2.24) is 10.5 Å². The van der Waals surface area contributed by atoms with Crippen LogP contribution in [-0.2, 0) is 11.2 Å². The predicted octanol–water partition coefficient (Wildman–Crippen LogP) is 2.92. The summed E-state index contributed by atoms with van der Waals surface area (Å²) in [5.74, 6) is -3.90. The van der Waals surface area contributed by atoms with Gasteiger partial charge in [-0.3, -0.25) is 4.79 Å². The average molecular weight is 320 g/mol. The monoisotopic (exact) mass is 320 g/mol. The van der Waals surface area contributed by atoms with Crippen LogP contribution >= 0.6 is 0 Å². The highest BCUT2D eigenvalue weighted by Crippen LogP contribution is 2.35. The number of benzene rings is 1. The van der Waals surface area contributed by atoms with Gasteiger partial charge in [0.15, 0.2) is 6.04 Å². The van der Waals surface area contributed by atoms with Crippen LogP contribution in [0.2, 0.25) is 0 Å². The maximum absolute atomic E-state index is 13.5. The summed E-state index contributed by atoms with van der Waals surface area (Å²) in [5.41, 5.74) is -1.17. The second kappa shape index (κ2) is 6.12. The zero-order valence-corrected chi connectivity index (χ0v) is 10.8. The summed E-state index contributed by atoms with van der Waals surface area (Å²) < 4.78 is 70.6. The number of hydrogen-bond donors (Lipinski definition) is 1. The topological polar surface area (TPSA) is 55.1 Å². The third-order valence-electron chi connectivity index (χ3n) is 2.75. The van der Waals surface area contributed by atoms with E-state index >= 15 is 0 Å². The largest absolute Gasteiger partial charge is 0.413 e. The minimum Gasteiger partial charge on any atom is -0.364 e. The van der Waals surface area contributed by atoms with Crippen molar-refractivity contribution in [2.45, 2.75) is 18.6 Å². The Hall–Kier alpha value is -2.45. The molecule has 0 saturated carbocycles. The number of hydrogen-bond acceptors (Lipinski definition) is 3. The van der Waals surface area contributed by atoms with Crippen LogP contribution in [0.25, 0.3) is 0 Å². The molecule has 2 rings (SSSR count). The summed E-state index contributed by atoms with van der Waals surface area (Å²) in [4.78, 5) is 11.6. The van der Waals surface area contributed by atoms with E-state index in [1.54, 1.807) is 5.32 Å². The van der Waals surface area contributed by atoms with Crippen molar-refractivity contribution >= 4 is 5.91 Å². The third kappa shape index (κ3) is 3.60. The fourth-order valence-electron chi connectivity index (χ4n) is 1.81. The van der Waals surface area contributed by atoms with Gasteiger partial charge in [0.2, 0.25) is 5.91 Å². The maximum Gasteiger partial charge on any atom is 0.413 e. The molecule has 1 unspecified atom stereocenters. The SMILES string of the molecule is O=C(Cc1ccon1)NC(c1c(F)cccc1F)C(F)(F)F. The number of rotatable bonds is 4. The third-order valence-corrected chi connectivity index (χ3v) is 2.75. The smallest absolute Gasteiger partial charge is 0.364 e. The number of halogens is 5. The molecule has 0 aliphatic heterocycles. The number of aromatic nitrogens is 1. The van der Waals surface area contributed by atoms with Crippen molar-refractivity contribution in [1.29, 1.82) is 0 Å². The van der Waals surface area contributed by atoms with E-state index < -0.39 is 41.7 Å². The molecular formula is C13H9F5N2O2. The standard InChI is InChI=1S/C13H9F5N2O2/c14-8-2-1-3-9(15)11(8)12(13(16,17)18)19-10(21)6-7-4-5-22-20-7/h1-5,12H,6H2,(H,19,21). The molecule has 9 heteroatoms. The molecule has 0 spiro atoms. The Kier molecular flexibility index (Phi) is 4.43. The lowest BCUT2D eigenvalue weighted by Gasteiger charge is -2.22. The number of carbonyl (C=O) groups is 1. The Morgan fingerprint density at radius 3 is 2.36 bits per heavy atom. The fraction of sp³-hybridized carbons (Fsp3) is 0.231. The molecule has 1 heterocycles. The van der Waals surface area contributed by atoms with Crippen molar-refractivity contribution in [3.8, 4) is 0 Å². The summed E-state index contributed by atoms with van der Waals surface area (Å²) in [6, 6.07) is 0.778. The molecule has 118 valence electrons. The van der Waals surface area contributed by atoms with E-state index in [0.29, 0.717) is 12.1 Å². The van der Waals surface area contributed by atoms with Gasteiger partial charge in [0.1, 0.15) is 17.9 Å². The van der Waals surface area contributed by atoms with Crippen LogP contribution < -0.4 is 5.32 Å². The summed E-state index contributed by atoms with van der Waals surface area (Å²) in [5, 5.41) is 4.94. The first-order valence-electron chi connectivity index (χ1n) is 5.98. The second-order valence-corrected chi connectivity index (χ2v) is 4.35. The molecule has 1 N–H and O–H groups in total. The first-order valence-corrected chi connectivity index (χ1v) is 5.98. The highest BCUT2D eigenvalue weighted by Gasteiger charge is 2.44. The Morgan fingerprint density at radius 2 is 1.86 bits per heavy atom. The molecule has 0 saturated heterocycles. The average Bonchev–Trinajstić information content (AvgIpc) is 2.89. The molecule has 0 aliphatic rings. The van der Waals surface area contributed by atoms with Crippen LogP contribution in [0.5, 0.6) is 0 Å². The van der Waals surface area contributed by atoms with E-state index in [0.717, 1.165) is 12.3 Å². The first-order chi connectivity index (χ1) is 10.3. The van der Waals surface area contributed by atoms with Gasteiger partial charge >= 0.3 is 6.18 Å². The molecule has 22 heavy (non-hydrogen) atoms. The quantitative estimate of drug-likeness (QED) is 0.881. The fourth-order valence-corrected chi connectivity index (χ4v) is 1.81. The molecule has 1 aromatic carbocycles. The Balaban J connectivity index is 2.26. The van der Waals surface area contributed by atoms with Gasteiger partial charge < -0.3 is 9.84 Å². The number of nitrogens with one attached hydrogen (secondary N) is 1. The van der Waals surface area contributed by atoms with Gasteiger partial charge in [0, 0.05) is 6.07 Å². The molecule has 0 bridgehead atoms. The maximum atomic E-state index is 13.5. The number of nitrogens with zero attached hydrogens (tertiary/aromatic N) is 1. The molecule has 1 amide bonds. The highest BCUT2D eigenvalue weighted by molar-refractivity contribution is 5.78. The van der Waals surface area contributed by atoms with Crippen molar-refractivity contribution in [3.05, 3.63) is 53.4 Å². The van der Waals surface area contributed by atoms with Crippen molar-refractivity contribution in [2.24, 2.45) is 0 Å². The number of amides is 1. The molecule has 2 aromatic rings. The van der Waals surface area contributed by atoms with Crippen LogP contribution in [-0.4, -0.2) is 17.2 Å². The predicted molar refractivity (Wildman–Crippen MR) is 63.5 cm³/mol. The summed E-state index contributed by atoms with van der Waals surface area (Å²) in [6.45, 7) is 0. The van der Waals surface area contributed by atoms with Crippen molar-refractivity contribution < 1.29 is 31.3 Å². The molecule has 1 atom stereocenters. The van der Waals surface area contributed by atoms with E-state index in [2.05, 4.69) is 9.68 Å². The van der Waals surface area contributed by atoms with Gasteiger partial charge in [0.05, 0.1) is 17.7 Å². The lowest BCUT2D eigenvalue weighted by atomic mass is 10.0. The zero-order chi connectivity index (χ0) is 16.3. The summed E-state index contributed by atoms with van der Waals surface area (Å²) in [7, 11) is 0. The Morgan fingerprint density at radius 1 is 1.23 bits per heavy atom. The Bertz CT molecular complexity index is 635. The number of carbonyl (C=O) groups excluding carboxylic acids is 1. The molecule has 0 radical (unpaired) electrons. The van der Waals surface area contributed by atoms with Gasteiger partial charge in [0.25, 0.3) is 0 Å². The van der Waals surface area contributed by atoms with Crippen LogP contribution in [0.3, 0.4) is 0 Å². The molecular weight excluding hydrogens is 311 g/mol. The highest BCUT2D eigenvalue weighted by atomic mass is 19.4. The van der Waals surface area contributed by atoms with Crippen LogP contribution in [0.4, 0.5) is 22.0 Å². The van der Waals surface area contributed by atoms with Crippen molar-refractivity contribution in [2.75, 3.05) is 0 Å². The molecule has 4 nitrogen and oxygen atoms in total. The zero-order valence-electron chi connectivity index (χ0n) is 10.8. The van der Waals surface area contributed by atoms with Gasteiger partial charge in [-0.1, -0.05) is 11.2 Å². The van der Waals surface area contributed by atoms with E-state index in [-0.39, 0.29) is 5.69 Å². The normalized spacial score (nSPS) is 13.0. The van der Waals surface area contributed by atoms with E-state index in [9.17, 15) is 26.7 Å². The van der Waals surface area contributed by atoms with Crippen molar-refractivity contribution in [3.63, 3.8) is 0 Å². The summed E-state index contributed by atoms with van der Waals surface area (Å²) in [6.07, 6.45) is -4.44. The van der Waals surface area contributed by atoms with E-state index in [1.165, 1.54) is 6.07 Å². The van der Waals surface area contributed by atoms with E-state index in [1.807, 2.05) is 0 Å². The van der Waals surface area contributed by atoms with E-state index in [4.69, 9.17) is 0 Å². The molecule has 1 aromatic heterocycles. The lowest BCUT2D eigenvalue weighted by Crippen LogP contribution is -2.40. The Labute approximate surface area is 120 Å². The lowest BCUT2D eigenvalue weighted by molar-refractivity contribution is -0.164. The van der Waals surface area contributed by atoms with Gasteiger partial charge in [-0.2, -0.15) is 13.2 Å². The second-order valence-electron chi connectivity index (χ2n) is 4.35. The number of alkyl halides is 3. The molecule has 0 fully saturated rings. The minimum atomic E-state index is -5.07. The first kappa shape index (κ1) is 15.9. The molecule has 0 aliphatic carbocycles. The summed E-state index contributed by atoms with van der Waals surface area (Å²) >= 11 is 0. The van der Waals surface area contributed by atoms with Gasteiger partial charge in [-0.05, 0) is 12.1 Å². The van der Waals surface area contributed by atoms with Gasteiger partial charge in [-0.25, -0.2) is 8.78 Å². The minimum absolute atomic E-state index is 0.0902. The van der Waals surface area contributed by atoms with Crippen LogP contribution in [0.1, 0.15) is 17.3 Å².